The number of hydrogen-bond donors (Lipinski definition) is 1. The predicted molar refractivity (Wildman–Crippen MR) is 122 cm³/mol. The highest BCUT2D eigenvalue weighted by molar-refractivity contribution is 9.10. The fourth-order valence-electron chi connectivity index (χ4n) is 2.69. The van der Waals surface area contributed by atoms with E-state index in [0.29, 0.717) is 40.3 Å². The Hall–Kier alpha value is -2.45. The molecule has 0 bridgehead atoms. The number of methoxy groups -OCH3 is 5. The lowest BCUT2D eigenvalue weighted by Crippen LogP contribution is -2.18. The van der Waals surface area contributed by atoms with E-state index in [0.717, 1.165) is 15.6 Å². The summed E-state index contributed by atoms with van der Waals surface area (Å²) in [5.74, 6) is 3.03. The average molecular weight is 482 g/mol. The number of nitrogens with one attached hydrogen (secondary N) is 1. The first-order valence-electron chi connectivity index (χ1n) is 8.63. The number of halogens is 1. The van der Waals surface area contributed by atoms with E-state index in [2.05, 4.69) is 21.2 Å². The number of benzene rings is 2. The Morgan fingerprint density at radius 3 is 1.93 bits per heavy atom. The van der Waals surface area contributed by atoms with E-state index in [-0.39, 0.29) is 0 Å². The first-order valence-corrected chi connectivity index (χ1v) is 9.83. The summed E-state index contributed by atoms with van der Waals surface area (Å²) in [4.78, 5) is 0.588. The van der Waals surface area contributed by atoms with Crippen molar-refractivity contribution < 1.29 is 23.7 Å². The first-order chi connectivity index (χ1) is 14.0. The van der Waals surface area contributed by atoms with Crippen LogP contribution in [0, 0.1) is 0 Å². The summed E-state index contributed by atoms with van der Waals surface area (Å²) in [5.41, 5.74) is 1.87. The molecule has 6 nitrogen and oxygen atoms in total. The largest absolute Gasteiger partial charge is 0.493 e. The fraction of sp³-hybridized carbons (Fsp3) is 0.286. The van der Waals surface area contributed by atoms with E-state index in [4.69, 9.17) is 35.9 Å². The molecule has 8 heteroatoms. The summed E-state index contributed by atoms with van der Waals surface area (Å²) < 4.78 is 27.6. The van der Waals surface area contributed by atoms with Crippen LogP contribution in [0.4, 0.5) is 0 Å². The molecular weight excluding hydrogens is 458 g/mol. The zero-order chi connectivity index (χ0) is 21.4. The second-order valence-electron chi connectivity index (χ2n) is 5.82. The van der Waals surface area contributed by atoms with Crippen LogP contribution in [-0.2, 0) is 6.54 Å². The molecule has 0 amide bonds. The molecule has 0 aliphatic carbocycles. The maximum Gasteiger partial charge on any atom is 0.203 e. The minimum absolute atomic E-state index is 0.509. The highest BCUT2D eigenvalue weighted by Gasteiger charge is 2.13. The minimum atomic E-state index is 0.509. The summed E-state index contributed by atoms with van der Waals surface area (Å²) in [6, 6.07) is 7.57. The van der Waals surface area contributed by atoms with Crippen LogP contribution in [0.25, 0.3) is 6.08 Å². The highest BCUT2D eigenvalue weighted by Crippen LogP contribution is 2.38. The highest BCUT2D eigenvalue weighted by atomic mass is 79.9. The normalized spacial score (nSPS) is 10.6. The summed E-state index contributed by atoms with van der Waals surface area (Å²) in [5, 5.41) is 3.20. The molecule has 2 rings (SSSR count). The monoisotopic (exact) mass is 481 g/mol. The van der Waals surface area contributed by atoms with Crippen molar-refractivity contribution >= 4 is 39.2 Å². The van der Waals surface area contributed by atoms with Crippen LogP contribution in [-0.4, -0.2) is 40.5 Å². The Morgan fingerprint density at radius 2 is 1.41 bits per heavy atom. The minimum Gasteiger partial charge on any atom is -0.493 e. The van der Waals surface area contributed by atoms with Crippen LogP contribution in [0.2, 0.25) is 0 Å². The summed E-state index contributed by atoms with van der Waals surface area (Å²) in [7, 11) is 7.94. The molecule has 2 aromatic carbocycles. The zero-order valence-electron chi connectivity index (χ0n) is 17.0. The lowest BCUT2D eigenvalue weighted by Gasteiger charge is -2.14. The number of ether oxygens (including phenoxy) is 5. The fourth-order valence-corrected chi connectivity index (χ4v) is 3.45. The third-order valence-electron chi connectivity index (χ3n) is 4.07. The predicted octanol–water partition coefficient (Wildman–Crippen LogP) is 4.62. The average Bonchev–Trinajstić information content (AvgIpc) is 2.74. The van der Waals surface area contributed by atoms with Crippen LogP contribution >= 0.6 is 28.1 Å². The summed E-state index contributed by atoms with van der Waals surface area (Å²) in [6.45, 7) is 0.509. The van der Waals surface area contributed by atoms with Crippen molar-refractivity contribution in [2.24, 2.45) is 0 Å². The second kappa shape index (κ2) is 10.9. The maximum atomic E-state index is 5.41. The van der Waals surface area contributed by atoms with E-state index in [1.807, 2.05) is 36.4 Å². The van der Waals surface area contributed by atoms with Crippen LogP contribution in [0.1, 0.15) is 11.1 Å². The van der Waals surface area contributed by atoms with Gasteiger partial charge in [0.2, 0.25) is 5.75 Å². The molecule has 0 aromatic heterocycles. The van der Waals surface area contributed by atoms with Gasteiger partial charge in [0.15, 0.2) is 23.0 Å². The molecule has 1 N–H and O–H groups in total. The molecule has 0 spiro atoms. The van der Waals surface area contributed by atoms with Crippen molar-refractivity contribution in [1.29, 1.82) is 0 Å². The van der Waals surface area contributed by atoms with Gasteiger partial charge in [-0.05, 0) is 57.4 Å². The SMILES string of the molecule is COc1cc(/C=C/C(=S)NCc2cc(OC)c(OC)c(OC)c2)cc(Br)c1OC. The number of rotatable bonds is 9. The van der Waals surface area contributed by atoms with Crippen LogP contribution in [0.3, 0.4) is 0 Å². The van der Waals surface area contributed by atoms with Gasteiger partial charge in [0, 0.05) is 6.54 Å². The lowest BCUT2D eigenvalue weighted by molar-refractivity contribution is 0.323. The Morgan fingerprint density at radius 1 is 0.862 bits per heavy atom. The Labute approximate surface area is 184 Å². The van der Waals surface area contributed by atoms with Crippen molar-refractivity contribution in [3.63, 3.8) is 0 Å². The van der Waals surface area contributed by atoms with Gasteiger partial charge >= 0.3 is 0 Å². The van der Waals surface area contributed by atoms with E-state index in [1.165, 1.54) is 0 Å². The third-order valence-corrected chi connectivity index (χ3v) is 4.94. The van der Waals surface area contributed by atoms with Gasteiger partial charge in [0.05, 0.1) is 45.0 Å². The van der Waals surface area contributed by atoms with Crippen LogP contribution < -0.4 is 29.0 Å². The molecule has 0 aliphatic rings. The van der Waals surface area contributed by atoms with E-state index in [9.17, 15) is 0 Å². The smallest absolute Gasteiger partial charge is 0.203 e. The molecule has 0 saturated carbocycles. The molecule has 0 atom stereocenters. The van der Waals surface area contributed by atoms with Gasteiger partial charge < -0.3 is 29.0 Å². The topological polar surface area (TPSA) is 58.2 Å². The molecule has 0 aliphatic heterocycles. The first kappa shape index (κ1) is 22.8. The third kappa shape index (κ3) is 5.77. The number of hydrogen-bond acceptors (Lipinski definition) is 6. The second-order valence-corrected chi connectivity index (χ2v) is 7.12. The van der Waals surface area contributed by atoms with Gasteiger partial charge in [-0.1, -0.05) is 18.3 Å². The zero-order valence-corrected chi connectivity index (χ0v) is 19.4. The molecule has 0 heterocycles. The molecular formula is C21H24BrNO5S. The van der Waals surface area contributed by atoms with Crippen LogP contribution in [0.15, 0.2) is 34.8 Å². The molecule has 0 radical (unpaired) electrons. The molecule has 2 aromatic rings. The van der Waals surface area contributed by atoms with Gasteiger partial charge in [-0.3, -0.25) is 0 Å². The van der Waals surface area contributed by atoms with Gasteiger partial charge in [-0.15, -0.1) is 0 Å². The van der Waals surface area contributed by atoms with Gasteiger partial charge in [0.25, 0.3) is 0 Å². The molecule has 0 fully saturated rings. The van der Waals surface area contributed by atoms with E-state index < -0.39 is 0 Å². The Balaban J connectivity index is 2.09. The molecule has 0 unspecified atom stereocenters. The van der Waals surface area contributed by atoms with Crippen molar-refractivity contribution in [2.45, 2.75) is 6.54 Å². The molecule has 156 valence electrons. The molecule has 0 saturated heterocycles. The van der Waals surface area contributed by atoms with Crippen molar-refractivity contribution in [3.8, 4) is 28.7 Å². The Kier molecular flexibility index (Phi) is 8.60. The van der Waals surface area contributed by atoms with E-state index in [1.54, 1.807) is 35.5 Å². The standard InChI is InChI=1S/C21H24BrNO5S/c1-24-16-9-13(8-15(22)20(16)27-4)6-7-19(29)23-12-14-10-17(25-2)21(28-5)18(11-14)26-3/h6-11H,12H2,1-5H3,(H,23,29)/b7-6+. The van der Waals surface area contributed by atoms with Crippen LogP contribution in [0.5, 0.6) is 28.7 Å². The van der Waals surface area contributed by atoms with Crippen molar-refractivity contribution in [3.05, 3.63) is 45.9 Å². The lowest BCUT2D eigenvalue weighted by atomic mass is 10.1. The summed E-state index contributed by atoms with van der Waals surface area (Å²) in [6.07, 6.45) is 3.72. The van der Waals surface area contributed by atoms with E-state index >= 15 is 0 Å². The number of thiocarbonyl (C=S) groups is 1. The molecule has 29 heavy (non-hydrogen) atoms. The summed E-state index contributed by atoms with van der Waals surface area (Å²) >= 11 is 8.90. The van der Waals surface area contributed by atoms with Gasteiger partial charge in [-0.2, -0.15) is 0 Å². The van der Waals surface area contributed by atoms with Crippen molar-refractivity contribution in [1.82, 2.24) is 5.32 Å². The Bertz CT molecular complexity index is 876. The van der Waals surface area contributed by atoms with Gasteiger partial charge in [-0.25, -0.2) is 0 Å². The maximum absolute atomic E-state index is 5.41. The van der Waals surface area contributed by atoms with Crippen molar-refractivity contribution in [2.75, 3.05) is 35.5 Å². The van der Waals surface area contributed by atoms with Gasteiger partial charge in [0.1, 0.15) is 0 Å². The quantitative estimate of drug-likeness (QED) is 0.414.